The van der Waals surface area contributed by atoms with E-state index < -0.39 is 0 Å². The van der Waals surface area contributed by atoms with Crippen molar-refractivity contribution in [3.63, 3.8) is 0 Å². The van der Waals surface area contributed by atoms with Crippen LogP contribution in [0.2, 0.25) is 0 Å². The van der Waals surface area contributed by atoms with Gasteiger partial charge in [-0.15, -0.1) is 0 Å². The predicted octanol–water partition coefficient (Wildman–Crippen LogP) is 4.43. The number of likely N-dealkylation sites (tertiary alicyclic amines) is 1. The molecule has 1 fully saturated rings. The van der Waals surface area contributed by atoms with E-state index in [1.165, 1.54) is 18.4 Å². The van der Waals surface area contributed by atoms with Gasteiger partial charge < -0.3 is 20.4 Å². The number of nitrogens with zero attached hydrogens (tertiary/aromatic N) is 5. The lowest BCUT2D eigenvalue weighted by Gasteiger charge is -2.20. The molecule has 0 unspecified atom stereocenters. The lowest BCUT2D eigenvalue weighted by Crippen LogP contribution is -2.28. The van der Waals surface area contributed by atoms with Crippen LogP contribution in [0.3, 0.4) is 0 Å². The first-order valence-electron chi connectivity index (χ1n) is 13.1. The number of carbonyl (C=O) groups excluding carboxylic acids is 1. The summed E-state index contributed by atoms with van der Waals surface area (Å²) in [5.74, 6) is 0.587. The average molecular weight is 514 g/mol. The molecule has 0 radical (unpaired) electrons. The second-order valence-corrected chi connectivity index (χ2v) is 10.1. The van der Waals surface area contributed by atoms with Gasteiger partial charge in [0.2, 0.25) is 0 Å². The van der Waals surface area contributed by atoms with Crippen molar-refractivity contribution in [3.05, 3.63) is 72.7 Å². The van der Waals surface area contributed by atoms with Gasteiger partial charge in [0.05, 0.1) is 11.9 Å². The highest BCUT2D eigenvalue weighted by atomic mass is 16.1. The van der Waals surface area contributed by atoms with Gasteiger partial charge in [-0.1, -0.05) is 12.6 Å². The Morgan fingerprint density at radius 3 is 2.47 bits per heavy atom. The van der Waals surface area contributed by atoms with Gasteiger partial charge in [-0.3, -0.25) is 14.7 Å². The maximum atomic E-state index is 13.2. The zero-order valence-corrected chi connectivity index (χ0v) is 23.0. The summed E-state index contributed by atoms with van der Waals surface area (Å²) in [6.07, 6.45) is 8.02. The number of rotatable bonds is 11. The highest BCUT2D eigenvalue weighted by Crippen LogP contribution is 2.30. The molecular formula is C30H39N7O. The SMILES string of the molecule is C=C(C(=O)Nc1ccc(N(C)CCN(C)C)nc1)c1cc(-c2cncc(CN3CCCC3)c2)ccc1NC. The third kappa shape index (κ3) is 6.96. The fourth-order valence-electron chi connectivity index (χ4n) is 4.60. The number of hydrogen-bond acceptors (Lipinski definition) is 7. The average Bonchev–Trinajstić information content (AvgIpc) is 3.44. The Labute approximate surface area is 226 Å². The minimum atomic E-state index is -0.268. The number of aromatic nitrogens is 2. The number of anilines is 3. The smallest absolute Gasteiger partial charge is 0.255 e. The van der Waals surface area contributed by atoms with Crippen LogP contribution >= 0.6 is 0 Å². The molecule has 0 bridgehead atoms. The molecule has 0 atom stereocenters. The lowest BCUT2D eigenvalue weighted by atomic mass is 9.97. The maximum Gasteiger partial charge on any atom is 0.255 e. The Balaban J connectivity index is 1.47. The second-order valence-electron chi connectivity index (χ2n) is 10.1. The Morgan fingerprint density at radius 2 is 1.79 bits per heavy atom. The fourth-order valence-corrected chi connectivity index (χ4v) is 4.60. The van der Waals surface area contributed by atoms with Crippen molar-refractivity contribution in [2.45, 2.75) is 19.4 Å². The molecule has 38 heavy (non-hydrogen) atoms. The van der Waals surface area contributed by atoms with Crippen LogP contribution in [0.1, 0.15) is 24.0 Å². The van der Waals surface area contributed by atoms with E-state index in [2.05, 4.69) is 47.9 Å². The highest BCUT2D eigenvalue weighted by molar-refractivity contribution is 6.25. The molecule has 4 rings (SSSR count). The molecule has 1 amide bonds. The molecule has 3 aromatic rings. The Kier molecular flexibility index (Phi) is 9.10. The van der Waals surface area contributed by atoms with Crippen molar-refractivity contribution in [2.75, 3.05) is 69.9 Å². The molecule has 1 aromatic carbocycles. The Bertz CT molecular complexity index is 1250. The number of pyridine rings is 2. The standard InChI is InChI=1S/C30H39N7O/c1-22(30(38)34-26-9-11-29(33-20-26)36(5)15-14-35(3)4)27-17-24(8-10-28(27)31-2)25-16-23(18-32-19-25)21-37-12-6-7-13-37/h8-11,16-20,31H,1,6-7,12-15,21H2,2-5H3,(H,34,38). The first kappa shape index (κ1) is 27.3. The van der Waals surface area contributed by atoms with E-state index in [0.29, 0.717) is 11.3 Å². The largest absolute Gasteiger partial charge is 0.388 e. The van der Waals surface area contributed by atoms with E-state index in [1.54, 1.807) is 6.20 Å². The van der Waals surface area contributed by atoms with Gasteiger partial charge in [-0.25, -0.2) is 4.98 Å². The van der Waals surface area contributed by atoms with Crippen molar-refractivity contribution in [3.8, 4) is 11.1 Å². The van der Waals surface area contributed by atoms with E-state index in [1.807, 2.05) is 70.9 Å². The van der Waals surface area contributed by atoms with Crippen molar-refractivity contribution in [1.29, 1.82) is 0 Å². The van der Waals surface area contributed by atoms with Crippen LogP contribution in [-0.2, 0) is 11.3 Å². The number of benzene rings is 1. The molecule has 3 heterocycles. The van der Waals surface area contributed by atoms with E-state index >= 15 is 0 Å². The van der Waals surface area contributed by atoms with Crippen LogP contribution in [0.4, 0.5) is 17.2 Å². The zero-order chi connectivity index (χ0) is 27.1. The molecule has 1 aliphatic heterocycles. The second kappa shape index (κ2) is 12.7. The van der Waals surface area contributed by atoms with Gasteiger partial charge >= 0.3 is 0 Å². The Morgan fingerprint density at radius 1 is 1.00 bits per heavy atom. The summed E-state index contributed by atoms with van der Waals surface area (Å²) in [6.45, 7) is 9.13. The van der Waals surface area contributed by atoms with Crippen LogP contribution < -0.4 is 15.5 Å². The predicted molar refractivity (Wildman–Crippen MR) is 157 cm³/mol. The zero-order valence-electron chi connectivity index (χ0n) is 23.0. The summed E-state index contributed by atoms with van der Waals surface area (Å²) >= 11 is 0. The maximum absolute atomic E-state index is 13.2. The summed E-state index contributed by atoms with van der Waals surface area (Å²) < 4.78 is 0. The van der Waals surface area contributed by atoms with Gasteiger partial charge in [0.1, 0.15) is 5.82 Å². The Hall–Kier alpha value is -3.75. The molecule has 200 valence electrons. The number of likely N-dealkylation sites (N-methyl/N-ethyl adjacent to an activating group) is 2. The number of amides is 1. The molecule has 0 spiro atoms. The van der Waals surface area contributed by atoms with Crippen molar-refractivity contribution in [2.24, 2.45) is 0 Å². The first-order chi connectivity index (χ1) is 18.3. The molecule has 0 saturated carbocycles. The van der Waals surface area contributed by atoms with Crippen molar-refractivity contribution < 1.29 is 4.79 Å². The molecule has 0 aliphatic carbocycles. The molecule has 1 aliphatic rings. The molecule has 8 nitrogen and oxygen atoms in total. The third-order valence-corrected chi connectivity index (χ3v) is 6.90. The summed E-state index contributed by atoms with van der Waals surface area (Å²) in [4.78, 5) is 28.9. The van der Waals surface area contributed by atoms with E-state index in [9.17, 15) is 4.79 Å². The van der Waals surface area contributed by atoms with Gasteiger partial charge in [0.15, 0.2) is 0 Å². The molecule has 1 saturated heterocycles. The molecule has 2 aromatic heterocycles. The van der Waals surface area contributed by atoms with Crippen LogP contribution in [0.15, 0.2) is 61.6 Å². The van der Waals surface area contributed by atoms with Gasteiger partial charge in [0.25, 0.3) is 5.91 Å². The molecular weight excluding hydrogens is 474 g/mol. The number of carbonyl (C=O) groups is 1. The minimum Gasteiger partial charge on any atom is -0.388 e. The first-order valence-corrected chi connectivity index (χ1v) is 13.1. The number of hydrogen-bond donors (Lipinski definition) is 2. The van der Waals surface area contributed by atoms with Crippen molar-refractivity contribution in [1.82, 2.24) is 19.8 Å². The third-order valence-electron chi connectivity index (χ3n) is 6.90. The monoisotopic (exact) mass is 513 g/mol. The fraction of sp³-hybridized carbons (Fsp3) is 0.367. The van der Waals surface area contributed by atoms with Crippen LogP contribution in [0.5, 0.6) is 0 Å². The lowest BCUT2D eigenvalue weighted by molar-refractivity contribution is -0.111. The van der Waals surface area contributed by atoms with Gasteiger partial charge in [-0.2, -0.15) is 0 Å². The van der Waals surface area contributed by atoms with E-state index in [0.717, 1.165) is 60.9 Å². The summed E-state index contributed by atoms with van der Waals surface area (Å²) in [7, 11) is 7.95. The normalized spacial score (nSPS) is 13.5. The minimum absolute atomic E-state index is 0.268. The van der Waals surface area contributed by atoms with Crippen LogP contribution in [-0.4, -0.2) is 80.0 Å². The quantitative estimate of drug-likeness (QED) is 0.367. The summed E-state index contributed by atoms with van der Waals surface area (Å²) in [5, 5.41) is 6.13. The van der Waals surface area contributed by atoms with Crippen LogP contribution in [0.25, 0.3) is 16.7 Å². The van der Waals surface area contributed by atoms with E-state index in [4.69, 9.17) is 0 Å². The topological polar surface area (TPSA) is 76.6 Å². The van der Waals surface area contributed by atoms with Crippen LogP contribution in [0, 0.1) is 0 Å². The highest BCUT2D eigenvalue weighted by Gasteiger charge is 2.16. The summed E-state index contributed by atoms with van der Waals surface area (Å²) in [6, 6.07) is 12.0. The molecule has 8 heteroatoms. The van der Waals surface area contributed by atoms with Crippen molar-refractivity contribution >= 4 is 28.7 Å². The van der Waals surface area contributed by atoms with Gasteiger partial charge in [-0.05, 0) is 81.5 Å². The number of nitrogens with one attached hydrogen (secondary N) is 2. The van der Waals surface area contributed by atoms with Gasteiger partial charge in [0, 0.05) is 68.5 Å². The van der Waals surface area contributed by atoms with E-state index in [-0.39, 0.29) is 5.91 Å². The summed E-state index contributed by atoms with van der Waals surface area (Å²) in [5.41, 5.74) is 5.81. The molecule has 2 N–H and O–H groups in total.